The number of alkyl halides is 3. The summed E-state index contributed by atoms with van der Waals surface area (Å²) >= 11 is 0. The van der Waals surface area contributed by atoms with Gasteiger partial charge in [0.25, 0.3) is 5.56 Å². The van der Waals surface area contributed by atoms with Crippen molar-refractivity contribution in [1.29, 1.82) is 0 Å². The lowest BCUT2D eigenvalue weighted by Crippen LogP contribution is -2.22. The van der Waals surface area contributed by atoms with Gasteiger partial charge in [-0.05, 0) is 54.2 Å². The van der Waals surface area contributed by atoms with Crippen LogP contribution in [0.3, 0.4) is 0 Å². The van der Waals surface area contributed by atoms with Crippen molar-refractivity contribution in [3.63, 3.8) is 0 Å². The monoisotopic (exact) mass is 488 g/mol. The van der Waals surface area contributed by atoms with E-state index >= 15 is 0 Å². The number of ether oxygens (including phenoxy) is 1. The van der Waals surface area contributed by atoms with E-state index in [-0.39, 0.29) is 16.6 Å². The van der Waals surface area contributed by atoms with Crippen LogP contribution in [-0.2, 0) is 0 Å². The normalized spacial score (nSPS) is 13.9. The number of aromatic nitrogens is 4. The maximum absolute atomic E-state index is 13.8. The summed E-state index contributed by atoms with van der Waals surface area (Å²) in [5.74, 6) is 0.541. The molecule has 1 aliphatic rings. The largest absolute Gasteiger partial charge is 0.454 e. The minimum Gasteiger partial charge on any atom is -0.454 e. The zero-order chi connectivity index (χ0) is 24.9. The number of hydrogen-bond donors (Lipinski definition) is 0. The van der Waals surface area contributed by atoms with Gasteiger partial charge in [-0.25, -0.2) is 4.98 Å². The van der Waals surface area contributed by atoms with Crippen LogP contribution in [0.2, 0.25) is 0 Å². The number of hydrogen-bond acceptors (Lipinski definition) is 5. The molecule has 0 bridgehead atoms. The van der Waals surface area contributed by atoms with Crippen molar-refractivity contribution in [2.45, 2.75) is 24.9 Å². The molecule has 6 nitrogen and oxygen atoms in total. The van der Waals surface area contributed by atoms with E-state index in [1.54, 1.807) is 18.5 Å². The van der Waals surface area contributed by atoms with E-state index in [1.807, 2.05) is 48.5 Å². The smallest absolute Gasteiger partial charge is 0.422 e. The van der Waals surface area contributed by atoms with E-state index in [1.165, 1.54) is 16.3 Å². The van der Waals surface area contributed by atoms with Gasteiger partial charge in [0.15, 0.2) is 6.61 Å². The van der Waals surface area contributed by atoms with E-state index < -0.39 is 18.8 Å². The Kier molecular flexibility index (Phi) is 5.21. The third-order valence-electron chi connectivity index (χ3n) is 6.21. The third kappa shape index (κ3) is 4.28. The standard InChI is InChI=1S/C27H19F3N4O2/c28-27(29,30)15-36-26-32-13-20-14-34(21-9-10-22-19(12-21)2-1-11-31-22)25(35)23(24(20)33-26)18-7-5-17(6-8-18)16-3-4-16/h1-2,5-14,16H,3-4,15H2. The summed E-state index contributed by atoms with van der Waals surface area (Å²) in [6.45, 7) is -1.52. The van der Waals surface area contributed by atoms with Gasteiger partial charge in [0.2, 0.25) is 0 Å². The molecule has 1 fully saturated rings. The van der Waals surface area contributed by atoms with E-state index in [0.717, 1.165) is 23.7 Å². The Morgan fingerprint density at radius 1 is 1.00 bits per heavy atom. The van der Waals surface area contributed by atoms with Crippen molar-refractivity contribution in [3.8, 4) is 22.8 Å². The molecule has 3 aromatic heterocycles. The van der Waals surface area contributed by atoms with E-state index in [4.69, 9.17) is 4.74 Å². The summed E-state index contributed by atoms with van der Waals surface area (Å²) in [6, 6.07) is 16.5. The molecule has 0 radical (unpaired) electrons. The fourth-order valence-electron chi connectivity index (χ4n) is 4.31. The molecular weight excluding hydrogens is 469 g/mol. The van der Waals surface area contributed by atoms with Gasteiger partial charge in [0.05, 0.1) is 16.6 Å². The second kappa shape index (κ2) is 8.44. The molecule has 9 heteroatoms. The molecule has 0 N–H and O–H groups in total. The molecule has 3 heterocycles. The van der Waals surface area contributed by atoms with E-state index in [9.17, 15) is 18.0 Å². The molecule has 0 unspecified atom stereocenters. The lowest BCUT2D eigenvalue weighted by molar-refractivity contribution is -0.154. The number of pyridine rings is 2. The second-order valence-corrected chi connectivity index (χ2v) is 8.82. The van der Waals surface area contributed by atoms with Crippen molar-refractivity contribution in [1.82, 2.24) is 19.5 Å². The van der Waals surface area contributed by atoms with Crippen LogP contribution in [0, 0.1) is 0 Å². The summed E-state index contributed by atoms with van der Waals surface area (Å²) in [4.78, 5) is 26.3. The quantitative estimate of drug-likeness (QED) is 0.312. The van der Waals surface area contributed by atoms with Crippen LogP contribution < -0.4 is 10.3 Å². The predicted molar refractivity (Wildman–Crippen MR) is 129 cm³/mol. The zero-order valence-corrected chi connectivity index (χ0v) is 18.9. The average molecular weight is 488 g/mol. The summed E-state index contributed by atoms with van der Waals surface area (Å²) in [7, 11) is 0. The topological polar surface area (TPSA) is 69.9 Å². The van der Waals surface area contributed by atoms with Crippen LogP contribution in [0.5, 0.6) is 6.01 Å². The molecule has 1 saturated carbocycles. The molecule has 5 aromatic rings. The average Bonchev–Trinajstić information content (AvgIpc) is 3.72. The van der Waals surface area contributed by atoms with Crippen molar-refractivity contribution in [2.75, 3.05) is 6.61 Å². The molecule has 6 rings (SSSR count). The molecular formula is C27H19F3N4O2. The SMILES string of the molecule is O=c1c(-c2ccc(C3CC3)cc2)c2nc(OCC(F)(F)F)ncc2cn1-c1ccc2ncccc2c1. The molecule has 0 amide bonds. The van der Waals surface area contributed by atoms with Gasteiger partial charge in [-0.2, -0.15) is 18.2 Å². The molecule has 0 atom stereocenters. The Balaban J connectivity index is 1.54. The molecule has 180 valence electrons. The van der Waals surface area contributed by atoms with Gasteiger partial charge in [-0.1, -0.05) is 30.3 Å². The molecule has 0 saturated heterocycles. The summed E-state index contributed by atoms with van der Waals surface area (Å²) in [5, 5.41) is 1.35. The van der Waals surface area contributed by atoms with Crippen molar-refractivity contribution in [2.24, 2.45) is 0 Å². The first kappa shape index (κ1) is 22.2. The van der Waals surface area contributed by atoms with Crippen LogP contribution in [0.1, 0.15) is 24.3 Å². The molecule has 1 aliphatic carbocycles. The Morgan fingerprint density at radius 2 is 1.81 bits per heavy atom. The molecule has 2 aromatic carbocycles. The Hall–Kier alpha value is -4.27. The van der Waals surface area contributed by atoms with Crippen molar-refractivity contribution >= 4 is 21.8 Å². The number of benzene rings is 2. The van der Waals surface area contributed by atoms with Crippen molar-refractivity contribution in [3.05, 3.63) is 89.1 Å². The number of nitrogens with zero attached hydrogens (tertiary/aromatic N) is 4. The van der Waals surface area contributed by atoms with E-state index in [0.29, 0.717) is 22.6 Å². The minimum absolute atomic E-state index is 0.227. The van der Waals surface area contributed by atoms with Crippen LogP contribution in [-0.4, -0.2) is 32.3 Å². The Labute approximate surface area is 203 Å². The highest BCUT2D eigenvalue weighted by Gasteiger charge is 2.29. The predicted octanol–water partition coefficient (Wildman–Crippen LogP) is 5.81. The first-order valence-corrected chi connectivity index (χ1v) is 11.4. The van der Waals surface area contributed by atoms with Gasteiger partial charge in [0.1, 0.15) is 0 Å². The molecule has 36 heavy (non-hydrogen) atoms. The van der Waals surface area contributed by atoms with Gasteiger partial charge in [-0.3, -0.25) is 14.3 Å². The molecule has 0 spiro atoms. The highest BCUT2D eigenvalue weighted by Crippen LogP contribution is 2.40. The first-order valence-electron chi connectivity index (χ1n) is 11.4. The maximum atomic E-state index is 13.8. The summed E-state index contributed by atoms with van der Waals surface area (Å²) in [6.07, 6.45) is 2.41. The van der Waals surface area contributed by atoms with Crippen LogP contribution in [0.15, 0.2) is 78.0 Å². The summed E-state index contributed by atoms with van der Waals surface area (Å²) in [5.41, 5.74) is 3.36. The van der Waals surface area contributed by atoms with Gasteiger partial charge < -0.3 is 4.74 Å². The second-order valence-electron chi connectivity index (χ2n) is 8.82. The first-order chi connectivity index (χ1) is 17.4. The van der Waals surface area contributed by atoms with Crippen molar-refractivity contribution < 1.29 is 17.9 Å². The number of halogens is 3. The minimum atomic E-state index is -4.53. The Bertz CT molecular complexity index is 1660. The fourth-order valence-corrected chi connectivity index (χ4v) is 4.31. The molecule has 0 aliphatic heterocycles. The van der Waals surface area contributed by atoms with Crippen LogP contribution >= 0.6 is 0 Å². The van der Waals surface area contributed by atoms with Gasteiger partial charge in [-0.15, -0.1) is 0 Å². The highest BCUT2D eigenvalue weighted by atomic mass is 19.4. The lowest BCUT2D eigenvalue weighted by Gasteiger charge is -2.14. The van der Waals surface area contributed by atoms with Gasteiger partial charge >= 0.3 is 12.2 Å². The fraction of sp³-hybridized carbons (Fsp3) is 0.185. The number of rotatable bonds is 5. The van der Waals surface area contributed by atoms with Crippen LogP contribution in [0.25, 0.3) is 38.6 Å². The van der Waals surface area contributed by atoms with E-state index in [2.05, 4.69) is 15.0 Å². The van der Waals surface area contributed by atoms with Crippen LogP contribution in [0.4, 0.5) is 13.2 Å². The highest BCUT2D eigenvalue weighted by molar-refractivity contribution is 5.93. The zero-order valence-electron chi connectivity index (χ0n) is 18.9. The van der Waals surface area contributed by atoms with Gasteiger partial charge in [0, 0.05) is 35.1 Å². The number of fused-ring (bicyclic) bond motifs is 2. The third-order valence-corrected chi connectivity index (χ3v) is 6.21. The Morgan fingerprint density at radius 3 is 2.56 bits per heavy atom. The maximum Gasteiger partial charge on any atom is 0.422 e. The summed E-state index contributed by atoms with van der Waals surface area (Å²) < 4.78 is 44.3. The lowest BCUT2D eigenvalue weighted by atomic mass is 10.0.